The lowest BCUT2D eigenvalue weighted by Crippen LogP contribution is -2.33. The molecule has 1 unspecified atom stereocenters. The first kappa shape index (κ1) is 11.3. The van der Waals surface area contributed by atoms with Crippen molar-refractivity contribution < 1.29 is 9.26 Å². The molecule has 3 heterocycles. The maximum absolute atomic E-state index is 5.57. The first-order chi connectivity index (χ1) is 8.84. The summed E-state index contributed by atoms with van der Waals surface area (Å²) >= 11 is 0. The molecule has 1 N–H and O–H groups in total. The maximum Gasteiger partial charge on any atom is 0.257 e. The van der Waals surface area contributed by atoms with Crippen LogP contribution in [0.4, 0.5) is 0 Å². The molecular formula is C12H14N4O2. The van der Waals surface area contributed by atoms with E-state index in [4.69, 9.17) is 9.26 Å². The standard InChI is InChI=1S/C12H14N4O2/c1-8-6-13-3-2-9(8)11-15-12(18-16-11)10-7-14-4-5-17-10/h2-3,6,10,14H,4-5,7H2,1H3. The SMILES string of the molecule is Cc1cnccc1-c1noc(C2CNCCO2)n1. The van der Waals surface area contributed by atoms with Crippen molar-refractivity contribution in [3.8, 4) is 11.4 Å². The minimum absolute atomic E-state index is 0.151. The van der Waals surface area contributed by atoms with Crippen molar-refractivity contribution in [3.63, 3.8) is 0 Å². The number of rotatable bonds is 2. The van der Waals surface area contributed by atoms with Crippen LogP contribution in [0.15, 0.2) is 23.0 Å². The van der Waals surface area contributed by atoms with Gasteiger partial charge in [0.25, 0.3) is 5.89 Å². The minimum atomic E-state index is -0.151. The van der Waals surface area contributed by atoms with Crippen LogP contribution in [0, 0.1) is 6.92 Å². The molecule has 0 aromatic carbocycles. The lowest BCUT2D eigenvalue weighted by atomic mass is 10.1. The van der Waals surface area contributed by atoms with E-state index in [0.717, 1.165) is 17.7 Å². The number of aromatic nitrogens is 3. The summed E-state index contributed by atoms with van der Waals surface area (Å²) in [6, 6.07) is 1.88. The van der Waals surface area contributed by atoms with Crippen LogP contribution >= 0.6 is 0 Å². The highest BCUT2D eigenvalue weighted by molar-refractivity contribution is 5.57. The maximum atomic E-state index is 5.57. The normalized spacial score (nSPS) is 19.9. The van der Waals surface area contributed by atoms with Crippen LogP contribution in [-0.4, -0.2) is 34.8 Å². The third-order valence-electron chi connectivity index (χ3n) is 2.91. The third-order valence-corrected chi connectivity index (χ3v) is 2.91. The first-order valence-corrected chi connectivity index (χ1v) is 5.91. The average Bonchev–Trinajstić information content (AvgIpc) is 2.90. The van der Waals surface area contributed by atoms with Gasteiger partial charge in [0, 0.05) is 31.0 Å². The molecule has 1 aliphatic heterocycles. The van der Waals surface area contributed by atoms with E-state index in [1.807, 2.05) is 13.0 Å². The fourth-order valence-corrected chi connectivity index (χ4v) is 1.92. The summed E-state index contributed by atoms with van der Waals surface area (Å²) in [5.41, 5.74) is 1.95. The molecule has 0 radical (unpaired) electrons. The molecule has 2 aromatic rings. The molecule has 1 aliphatic rings. The number of aryl methyl sites for hydroxylation is 1. The van der Waals surface area contributed by atoms with Crippen LogP contribution in [-0.2, 0) is 4.74 Å². The molecule has 0 amide bonds. The van der Waals surface area contributed by atoms with E-state index in [0.29, 0.717) is 24.9 Å². The zero-order chi connectivity index (χ0) is 12.4. The monoisotopic (exact) mass is 246 g/mol. The quantitative estimate of drug-likeness (QED) is 0.855. The lowest BCUT2D eigenvalue weighted by molar-refractivity contribution is 0.00755. The number of nitrogens with one attached hydrogen (secondary N) is 1. The van der Waals surface area contributed by atoms with Gasteiger partial charge in [0.05, 0.1) is 6.61 Å². The zero-order valence-electron chi connectivity index (χ0n) is 10.1. The highest BCUT2D eigenvalue weighted by atomic mass is 16.5. The fraction of sp³-hybridized carbons (Fsp3) is 0.417. The van der Waals surface area contributed by atoms with Gasteiger partial charge < -0.3 is 14.6 Å². The van der Waals surface area contributed by atoms with E-state index in [1.165, 1.54) is 0 Å². The molecule has 0 aliphatic carbocycles. The Kier molecular flexibility index (Phi) is 3.04. The Balaban J connectivity index is 1.87. The predicted molar refractivity (Wildman–Crippen MR) is 63.8 cm³/mol. The molecule has 3 rings (SSSR count). The van der Waals surface area contributed by atoms with Crippen LogP contribution in [0.3, 0.4) is 0 Å². The van der Waals surface area contributed by atoms with Crippen LogP contribution < -0.4 is 5.32 Å². The molecule has 1 fully saturated rings. The Morgan fingerprint density at radius 2 is 2.39 bits per heavy atom. The number of pyridine rings is 1. The summed E-state index contributed by atoms with van der Waals surface area (Å²) in [5, 5.41) is 7.23. The second-order valence-electron chi connectivity index (χ2n) is 4.21. The van der Waals surface area contributed by atoms with E-state index in [1.54, 1.807) is 12.4 Å². The average molecular weight is 246 g/mol. The number of hydrogen-bond acceptors (Lipinski definition) is 6. The Hall–Kier alpha value is -1.79. The smallest absolute Gasteiger partial charge is 0.257 e. The van der Waals surface area contributed by atoms with E-state index in [2.05, 4.69) is 20.4 Å². The largest absolute Gasteiger partial charge is 0.366 e. The highest BCUT2D eigenvalue weighted by Gasteiger charge is 2.22. The van der Waals surface area contributed by atoms with Gasteiger partial charge in [0.2, 0.25) is 5.82 Å². The third kappa shape index (κ3) is 2.12. The van der Waals surface area contributed by atoms with Gasteiger partial charge in [-0.3, -0.25) is 4.98 Å². The molecule has 1 saturated heterocycles. The Morgan fingerprint density at radius 1 is 1.44 bits per heavy atom. The number of nitrogens with zero attached hydrogens (tertiary/aromatic N) is 3. The van der Waals surface area contributed by atoms with Gasteiger partial charge in [-0.2, -0.15) is 4.98 Å². The van der Waals surface area contributed by atoms with Crippen molar-refractivity contribution in [3.05, 3.63) is 29.9 Å². The van der Waals surface area contributed by atoms with E-state index in [9.17, 15) is 0 Å². The fourth-order valence-electron chi connectivity index (χ4n) is 1.92. The molecule has 6 nitrogen and oxygen atoms in total. The van der Waals surface area contributed by atoms with Gasteiger partial charge in [0.1, 0.15) is 6.10 Å². The molecule has 0 saturated carbocycles. The van der Waals surface area contributed by atoms with E-state index < -0.39 is 0 Å². The Labute approximate surface area is 104 Å². The number of ether oxygens (including phenoxy) is 1. The summed E-state index contributed by atoms with van der Waals surface area (Å²) in [7, 11) is 0. The van der Waals surface area contributed by atoms with Gasteiger partial charge in [-0.1, -0.05) is 5.16 Å². The van der Waals surface area contributed by atoms with E-state index in [-0.39, 0.29) is 6.10 Å². The van der Waals surface area contributed by atoms with Crippen LogP contribution in [0.1, 0.15) is 17.6 Å². The highest BCUT2D eigenvalue weighted by Crippen LogP contribution is 2.23. The van der Waals surface area contributed by atoms with Gasteiger partial charge in [-0.05, 0) is 18.6 Å². The van der Waals surface area contributed by atoms with Crippen molar-refractivity contribution >= 4 is 0 Å². The Morgan fingerprint density at radius 3 is 3.17 bits per heavy atom. The number of morpholine rings is 1. The summed E-state index contributed by atoms with van der Waals surface area (Å²) in [5.74, 6) is 1.10. The summed E-state index contributed by atoms with van der Waals surface area (Å²) in [6.07, 6.45) is 3.35. The molecule has 2 aromatic heterocycles. The van der Waals surface area contributed by atoms with Crippen LogP contribution in [0.2, 0.25) is 0 Å². The second-order valence-corrected chi connectivity index (χ2v) is 4.21. The molecule has 0 spiro atoms. The van der Waals surface area contributed by atoms with Gasteiger partial charge in [0.15, 0.2) is 0 Å². The summed E-state index contributed by atoms with van der Waals surface area (Å²) in [4.78, 5) is 8.44. The van der Waals surface area contributed by atoms with Gasteiger partial charge in [-0.15, -0.1) is 0 Å². The second kappa shape index (κ2) is 4.83. The van der Waals surface area contributed by atoms with Gasteiger partial charge in [-0.25, -0.2) is 0 Å². The minimum Gasteiger partial charge on any atom is -0.366 e. The predicted octanol–water partition coefficient (Wildman–Crippen LogP) is 1.10. The topological polar surface area (TPSA) is 73.1 Å². The molecule has 1 atom stereocenters. The van der Waals surface area contributed by atoms with Crippen molar-refractivity contribution in [1.29, 1.82) is 0 Å². The summed E-state index contributed by atoms with van der Waals surface area (Å²) in [6.45, 7) is 4.20. The van der Waals surface area contributed by atoms with Crippen molar-refractivity contribution in [1.82, 2.24) is 20.4 Å². The van der Waals surface area contributed by atoms with Crippen molar-refractivity contribution in [2.45, 2.75) is 13.0 Å². The molecule has 6 heteroatoms. The number of hydrogen-bond donors (Lipinski definition) is 1. The van der Waals surface area contributed by atoms with Crippen molar-refractivity contribution in [2.75, 3.05) is 19.7 Å². The van der Waals surface area contributed by atoms with E-state index >= 15 is 0 Å². The van der Waals surface area contributed by atoms with Crippen molar-refractivity contribution in [2.24, 2.45) is 0 Å². The van der Waals surface area contributed by atoms with Crippen LogP contribution in [0.25, 0.3) is 11.4 Å². The molecular weight excluding hydrogens is 232 g/mol. The summed E-state index contributed by atoms with van der Waals surface area (Å²) < 4.78 is 10.8. The molecule has 18 heavy (non-hydrogen) atoms. The zero-order valence-corrected chi connectivity index (χ0v) is 10.1. The first-order valence-electron chi connectivity index (χ1n) is 5.91. The molecule has 94 valence electrons. The lowest BCUT2D eigenvalue weighted by Gasteiger charge is -2.19. The van der Waals surface area contributed by atoms with Crippen LogP contribution in [0.5, 0.6) is 0 Å². The Bertz CT molecular complexity index is 534. The van der Waals surface area contributed by atoms with Gasteiger partial charge >= 0.3 is 0 Å². The molecule has 0 bridgehead atoms.